The highest BCUT2D eigenvalue weighted by atomic mass is 127. The zero-order valence-corrected chi connectivity index (χ0v) is 16.6. The second-order valence-electron chi connectivity index (χ2n) is 6.71. The van der Waals surface area contributed by atoms with Crippen molar-refractivity contribution in [1.82, 2.24) is 4.90 Å². The molecule has 25 heavy (non-hydrogen) atoms. The van der Waals surface area contributed by atoms with E-state index in [0.717, 1.165) is 37.6 Å². The van der Waals surface area contributed by atoms with Gasteiger partial charge in [0.2, 0.25) is 0 Å². The molecule has 1 unspecified atom stereocenters. The van der Waals surface area contributed by atoms with Gasteiger partial charge in [0.05, 0.1) is 13.2 Å². The molecule has 1 fully saturated rings. The van der Waals surface area contributed by atoms with Gasteiger partial charge in [-0.1, -0.05) is 24.3 Å². The van der Waals surface area contributed by atoms with Crippen LogP contribution in [0.1, 0.15) is 6.92 Å². The molecule has 0 aliphatic carbocycles. The Bertz CT molecular complexity index is 664. The summed E-state index contributed by atoms with van der Waals surface area (Å²) in [4.78, 5) is 2.22. The average molecular weight is 453 g/mol. The van der Waals surface area contributed by atoms with E-state index < -0.39 is 5.60 Å². The van der Waals surface area contributed by atoms with E-state index in [1.807, 2.05) is 31.2 Å². The van der Waals surface area contributed by atoms with Gasteiger partial charge in [-0.15, -0.1) is 0 Å². The van der Waals surface area contributed by atoms with Crippen molar-refractivity contribution in [2.45, 2.75) is 12.5 Å². The lowest BCUT2D eigenvalue weighted by molar-refractivity contribution is -0.0435. The van der Waals surface area contributed by atoms with E-state index in [1.54, 1.807) is 0 Å². The van der Waals surface area contributed by atoms with Gasteiger partial charge >= 0.3 is 0 Å². The van der Waals surface area contributed by atoms with Crippen LogP contribution in [0.2, 0.25) is 0 Å². The first-order valence-electron chi connectivity index (χ1n) is 8.53. The molecule has 1 aliphatic heterocycles. The molecule has 1 aliphatic rings. The highest BCUT2D eigenvalue weighted by Gasteiger charge is 2.26. The van der Waals surface area contributed by atoms with E-state index in [2.05, 4.69) is 51.8 Å². The number of halogens is 1. The predicted octanol–water partition coefficient (Wildman–Crippen LogP) is 3.42. The van der Waals surface area contributed by atoms with Gasteiger partial charge in [0.1, 0.15) is 18.0 Å². The Morgan fingerprint density at radius 1 is 1.04 bits per heavy atom. The van der Waals surface area contributed by atoms with Crippen LogP contribution >= 0.6 is 22.6 Å². The molecular weight excluding hydrogens is 429 g/mol. The summed E-state index contributed by atoms with van der Waals surface area (Å²) >= 11 is 2.30. The van der Waals surface area contributed by atoms with Crippen molar-refractivity contribution in [1.29, 1.82) is 0 Å². The lowest BCUT2D eigenvalue weighted by Gasteiger charge is -2.33. The molecule has 1 heterocycles. The second-order valence-corrected chi connectivity index (χ2v) is 7.95. The fourth-order valence-electron chi connectivity index (χ4n) is 2.91. The summed E-state index contributed by atoms with van der Waals surface area (Å²) in [7, 11) is 0. The van der Waals surface area contributed by atoms with Crippen molar-refractivity contribution in [3.05, 3.63) is 52.1 Å². The number of ether oxygens (including phenoxy) is 2. The topological polar surface area (TPSA) is 41.9 Å². The minimum absolute atomic E-state index is 0.271. The zero-order valence-electron chi connectivity index (χ0n) is 14.5. The minimum Gasteiger partial charge on any atom is -0.491 e. The van der Waals surface area contributed by atoms with Crippen LogP contribution in [0.4, 0.5) is 0 Å². The van der Waals surface area contributed by atoms with Crippen LogP contribution < -0.4 is 4.74 Å². The standard InChI is InChI=1S/C20H24INO3/c1-20(23,14-22-10-12-24-13-11-22)15-25-19-8-4-17(5-9-19)16-2-6-18(21)7-3-16/h2-9,23H,10-15H2,1H3. The molecular formula is C20H24INO3. The Balaban J connectivity index is 1.54. The maximum absolute atomic E-state index is 10.6. The molecule has 1 atom stereocenters. The van der Waals surface area contributed by atoms with Crippen molar-refractivity contribution in [3.8, 4) is 16.9 Å². The van der Waals surface area contributed by atoms with Crippen molar-refractivity contribution in [3.63, 3.8) is 0 Å². The molecule has 0 spiro atoms. The highest BCUT2D eigenvalue weighted by molar-refractivity contribution is 14.1. The third kappa shape index (κ3) is 5.67. The van der Waals surface area contributed by atoms with E-state index in [9.17, 15) is 5.11 Å². The molecule has 4 nitrogen and oxygen atoms in total. The van der Waals surface area contributed by atoms with Crippen molar-refractivity contribution in [2.24, 2.45) is 0 Å². The summed E-state index contributed by atoms with van der Waals surface area (Å²) in [5, 5.41) is 10.6. The van der Waals surface area contributed by atoms with E-state index >= 15 is 0 Å². The molecule has 1 saturated heterocycles. The fourth-order valence-corrected chi connectivity index (χ4v) is 3.27. The molecule has 2 aromatic carbocycles. The van der Waals surface area contributed by atoms with Crippen molar-refractivity contribution in [2.75, 3.05) is 39.5 Å². The number of benzene rings is 2. The molecule has 134 valence electrons. The normalized spacial score (nSPS) is 17.9. The summed E-state index contributed by atoms with van der Waals surface area (Å²) in [6, 6.07) is 16.4. The van der Waals surface area contributed by atoms with Crippen LogP contribution in [0.3, 0.4) is 0 Å². The van der Waals surface area contributed by atoms with Gasteiger partial charge in [-0.3, -0.25) is 4.90 Å². The summed E-state index contributed by atoms with van der Waals surface area (Å²) in [5.41, 5.74) is 1.46. The first-order chi connectivity index (χ1) is 12.0. The molecule has 0 bridgehead atoms. The number of aliphatic hydroxyl groups is 1. The van der Waals surface area contributed by atoms with E-state index in [0.29, 0.717) is 6.54 Å². The number of rotatable bonds is 6. The van der Waals surface area contributed by atoms with Gasteiger partial charge in [-0.2, -0.15) is 0 Å². The van der Waals surface area contributed by atoms with Gasteiger partial charge in [0.25, 0.3) is 0 Å². The molecule has 0 radical (unpaired) electrons. The molecule has 1 N–H and O–H groups in total. The van der Waals surface area contributed by atoms with Gasteiger partial charge in [0.15, 0.2) is 0 Å². The van der Waals surface area contributed by atoms with Crippen LogP contribution in [0.15, 0.2) is 48.5 Å². The molecule has 2 aromatic rings. The Morgan fingerprint density at radius 3 is 2.20 bits per heavy atom. The van der Waals surface area contributed by atoms with Crippen molar-refractivity contribution >= 4 is 22.6 Å². The summed E-state index contributed by atoms with van der Waals surface area (Å²) in [6.45, 7) is 5.88. The molecule has 3 rings (SSSR count). The smallest absolute Gasteiger partial charge is 0.119 e. The SMILES string of the molecule is CC(O)(COc1ccc(-c2ccc(I)cc2)cc1)CN1CCOCC1. The quantitative estimate of drug-likeness (QED) is 0.681. The third-order valence-corrected chi connectivity index (χ3v) is 4.97. The maximum Gasteiger partial charge on any atom is 0.119 e. The second kappa shape index (κ2) is 8.49. The Labute approximate surface area is 162 Å². The molecule has 5 heteroatoms. The number of nitrogens with zero attached hydrogens (tertiary/aromatic N) is 1. The van der Waals surface area contributed by atoms with E-state index in [-0.39, 0.29) is 6.61 Å². The van der Waals surface area contributed by atoms with Crippen LogP contribution in [0, 0.1) is 3.57 Å². The lowest BCUT2D eigenvalue weighted by atomic mass is 10.1. The molecule has 0 aromatic heterocycles. The van der Waals surface area contributed by atoms with Crippen LogP contribution in [0.5, 0.6) is 5.75 Å². The third-order valence-electron chi connectivity index (χ3n) is 4.25. The van der Waals surface area contributed by atoms with Crippen LogP contribution in [-0.2, 0) is 4.74 Å². The summed E-state index contributed by atoms with van der Waals surface area (Å²) < 4.78 is 12.4. The van der Waals surface area contributed by atoms with Gasteiger partial charge in [-0.05, 0) is 64.9 Å². The zero-order chi connectivity index (χ0) is 17.7. The van der Waals surface area contributed by atoms with Crippen molar-refractivity contribution < 1.29 is 14.6 Å². The lowest BCUT2D eigenvalue weighted by Crippen LogP contribution is -2.48. The number of hydrogen-bond acceptors (Lipinski definition) is 4. The fraction of sp³-hybridized carbons (Fsp3) is 0.400. The van der Waals surface area contributed by atoms with Crippen LogP contribution in [0.25, 0.3) is 11.1 Å². The van der Waals surface area contributed by atoms with E-state index in [1.165, 1.54) is 9.13 Å². The van der Waals surface area contributed by atoms with Gasteiger partial charge in [-0.25, -0.2) is 0 Å². The summed E-state index contributed by atoms with van der Waals surface area (Å²) in [6.07, 6.45) is 0. The Hall–Kier alpha value is -1.15. The minimum atomic E-state index is -0.883. The van der Waals surface area contributed by atoms with Gasteiger partial charge < -0.3 is 14.6 Å². The molecule has 0 saturated carbocycles. The maximum atomic E-state index is 10.6. The number of β-amino-alcohol motifs (C(OH)–C–C–N with tert-alkyl or cyclic N) is 1. The highest BCUT2D eigenvalue weighted by Crippen LogP contribution is 2.24. The first-order valence-corrected chi connectivity index (χ1v) is 9.61. The molecule has 0 amide bonds. The number of morpholine rings is 1. The van der Waals surface area contributed by atoms with E-state index in [4.69, 9.17) is 9.47 Å². The van der Waals surface area contributed by atoms with Crippen LogP contribution in [-0.4, -0.2) is 55.1 Å². The Morgan fingerprint density at radius 2 is 1.60 bits per heavy atom. The monoisotopic (exact) mass is 453 g/mol. The summed E-state index contributed by atoms with van der Waals surface area (Å²) in [5.74, 6) is 0.775. The Kier molecular flexibility index (Phi) is 6.33. The first kappa shape index (κ1) is 18.6. The predicted molar refractivity (Wildman–Crippen MR) is 108 cm³/mol. The number of hydrogen-bond donors (Lipinski definition) is 1. The van der Waals surface area contributed by atoms with Gasteiger partial charge in [0, 0.05) is 23.2 Å². The largest absolute Gasteiger partial charge is 0.491 e. The average Bonchev–Trinajstić information content (AvgIpc) is 2.62.